The van der Waals surface area contributed by atoms with Gasteiger partial charge in [0.05, 0.1) is 12.7 Å². The van der Waals surface area contributed by atoms with Crippen molar-refractivity contribution in [1.29, 1.82) is 0 Å². The topological polar surface area (TPSA) is 29.5 Å². The van der Waals surface area contributed by atoms with E-state index < -0.39 is 6.10 Å². The Balaban J connectivity index is 1.99. The molecule has 0 aromatic heterocycles. The summed E-state index contributed by atoms with van der Waals surface area (Å²) in [5, 5.41) is 10.1. The molecule has 2 unspecified atom stereocenters. The fourth-order valence-corrected chi connectivity index (χ4v) is 2.48. The maximum atomic E-state index is 13.6. The normalized spacial score (nSPS) is 22.4. The molecule has 0 spiro atoms. The molecule has 1 aliphatic rings. The Labute approximate surface area is 109 Å². The number of hydrogen-bond donors (Lipinski definition) is 1. The highest BCUT2D eigenvalue weighted by atomic mass is 79.9. The molecule has 1 N–H and O–H groups in total. The van der Waals surface area contributed by atoms with E-state index in [1.54, 1.807) is 12.1 Å². The SMILES string of the molecule is OC(Cc1ccc(Br)cc1F)C1CCCOC1. The second-order valence-corrected chi connectivity index (χ2v) is 5.40. The predicted octanol–water partition coefficient (Wildman–Crippen LogP) is 2.92. The Kier molecular flexibility index (Phi) is 4.54. The van der Waals surface area contributed by atoms with E-state index in [-0.39, 0.29) is 11.7 Å². The lowest BCUT2D eigenvalue weighted by atomic mass is 9.91. The first-order valence-electron chi connectivity index (χ1n) is 5.86. The number of ether oxygens (including phenoxy) is 1. The van der Waals surface area contributed by atoms with Crippen LogP contribution in [0.4, 0.5) is 4.39 Å². The molecule has 1 aliphatic heterocycles. The van der Waals surface area contributed by atoms with Crippen LogP contribution in [0, 0.1) is 11.7 Å². The fraction of sp³-hybridized carbons (Fsp3) is 0.538. The van der Waals surface area contributed by atoms with Gasteiger partial charge in [-0.3, -0.25) is 0 Å². The number of aliphatic hydroxyl groups is 1. The summed E-state index contributed by atoms with van der Waals surface area (Å²) in [7, 11) is 0. The Morgan fingerprint density at radius 1 is 1.53 bits per heavy atom. The minimum atomic E-state index is -0.522. The van der Waals surface area contributed by atoms with E-state index >= 15 is 0 Å². The molecule has 1 aromatic rings. The maximum Gasteiger partial charge on any atom is 0.127 e. The third-order valence-corrected chi connectivity index (χ3v) is 3.68. The van der Waals surface area contributed by atoms with Gasteiger partial charge < -0.3 is 9.84 Å². The molecule has 0 bridgehead atoms. The first-order chi connectivity index (χ1) is 8.16. The summed E-state index contributed by atoms with van der Waals surface area (Å²) < 4.78 is 19.7. The van der Waals surface area contributed by atoms with E-state index in [1.165, 1.54) is 6.07 Å². The van der Waals surface area contributed by atoms with Crippen LogP contribution in [0.2, 0.25) is 0 Å². The van der Waals surface area contributed by atoms with Crippen LogP contribution in [-0.2, 0) is 11.2 Å². The zero-order valence-electron chi connectivity index (χ0n) is 9.53. The molecule has 0 amide bonds. The molecule has 2 rings (SSSR count). The van der Waals surface area contributed by atoms with Gasteiger partial charge in [-0.15, -0.1) is 0 Å². The molecule has 1 saturated heterocycles. The van der Waals surface area contributed by atoms with Gasteiger partial charge in [-0.2, -0.15) is 0 Å². The van der Waals surface area contributed by atoms with Crippen molar-refractivity contribution in [1.82, 2.24) is 0 Å². The quantitative estimate of drug-likeness (QED) is 0.930. The van der Waals surface area contributed by atoms with E-state index in [9.17, 15) is 9.50 Å². The van der Waals surface area contributed by atoms with Crippen LogP contribution in [0.25, 0.3) is 0 Å². The van der Waals surface area contributed by atoms with Crippen LogP contribution in [0.5, 0.6) is 0 Å². The molecular formula is C13H16BrFO2. The summed E-state index contributed by atoms with van der Waals surface area (Å²) in [6.45, 7) is 1.36. The zero-order chi connectivity index (χ0) is 12.3. The van der Waals surface area contributed by atoms with Crippen LogP contribution in [0.1, 0.15) is 18.4 Å². The molecule has 2 atom stereocenters. The van der Waals surface area contributed by atoms with Gasteiger partial charge in [0.1, 0.15) is 5.82 Å². The molecule has 0 aliphatic carbocycles. The number of halogens is 2. The summed E-state index contributed by atoms with van der Waals surface area (Å²) in [6, 6.07) is 4.94. The van der Waals surface area contributed by atoms with E-state index in [0.29, 0.717) is 23.1 Å². The summed E-state index contributed by atoms with van der Waals surface area (Å²) >= 11 is 3.22. The van der Waals surface area contributed by atoms with Crippen LogP contribution in [0.15, 0.2) is 22.7 Å². The van der Waals surface area contributed by atoms with Crippen LogP contribution in [-0.4, -0.2) is 24.4 Å². The Hall–Kier alpha value is -0.450. The van der Waals surface area contributed by atoms with Gasteiger partial charge >= 0.3 is 0 Å². The van der Waals surface area contributed by atoms with Gasteiger partial charge in [0.25, 0.3) is 0 Å². The fourth-order valence-electron chi connectivity index (χ4n) is 2.15. The van der Waals surface area contributed by atoms with Gasteiger partial charge in [-0.25, -0.2) is 4.39 Å². The Bertz CT molecular complexity index is 378. The minimum absolute atomic E-state index is 0.131. The van der Waals surface area contributed by atoms with Crippen molar-refractivity contribution in [3.8, 4) is 0 Å². The van der Waals surface area contributed by atoms with Crippen LogP contribution in [0.3, 0.4) is 0 Å². The number of benzene rings is 1. The first kappa shape index (κ1) is 13.0. The molecule has 1 fully saturated rings. The summed E-state index contributed by atoms with van der Waals surface area (Å²) in [5.74, 6) is -0.137. The second-order valence-electron chi connectivity index (χ2n) is 4.48. The molecule has 0 saturated carbocycles. The Morgan fingerprint density at radius 3 is 3.00 bits per heavy atom. The molecule has 1 aromatic carbocycles. The van der Waals surface area contributed by atoms with Gasteiger partial charge in [-0.05, 0) is 30.5 Å². The third kappa shape index (κ3) is 3.50. The average molecular weight is 303 g/mol. The molecule has 94 valence electrons. The predicted molar refractivity (Wildman–Crippen MR) is 67.4 cm³/mol. The van der Waals surface area contributed by atoms with Crippen molar-refractivity contribution in [2.75, 3.05) is 13.2 Å². The van der Waals surface area contributed by atoms with Gasteiger partial charge in [-0.1, -0.05) is 22.0 Å². The summed E-state index contributed by atoms with van der Waals surface area (Å²) in [5.41, 5.74) is 0.561. The zero-order valence-corrected chi connectivity index (χ0v) is 11.1. The van der Waals surface area contributed by atoms with Gasteiger partial charge in [0, 0.05) is 23.4 Å². The van der Waals surface area contributed by atoms with Gasteiger partial charge in [0.15, 0.2) is 0 Å². The Morgan fingerprint density at radius 2 is 2.35 bits per heavy atom. The molecule has 0 radical (unpaired) electrons. The lowest BCUT2D eigenvalue weighted by Crippen LogP contribution is -2.30. The van der Waals surface area contributed by atoms with E-state index in [4.69, 9.17) is 4.74 Å². The van der Waals surface area contributed by atoms with Crippen molar-refractivity contribution in [2.24, 2.45) is 5.92 Å². The average Bonchev–Trinajstić information content (AvgIpc) is 2.34. The lowest BCUT2D eigenvalue weighted by Gasteiger charge is -2.26. The monoisotopic (exact) mass is 302 g/mol. The minimum Gasteiger partial charge on any atom is -0.392 e. The maximum absolute atomic E-state index is 13.6. The highest BCUT2D eigenvalue weighted by Crippen LogP contribution is 2.22. The molecule has 1 heterocycles. The molecule has 2 nitrogen and oxygen atoms in total. The largest absolute Gasteiger partial charge is 0.392 e. The first-order valence-corrected chi connectivity index (χ1v) is 6.66. The number of rotatable bonds is 3. The van der Waals surface area contributed by atoms with E-state index in [2.05, 4.69) is 15.9 Å². The van der Waals surface area contributed by atoms with Gasteiger partial charge in [0.2, 0.25) is 0 Å². The number of hydrogen-bond acceptors (Lipinski definition) is 2. The van der Waals surface area contributed by atoms with Crippen LogP contribution >= 0.6 is 15.9 Å². The van der Waals surface area contributed by atoms with Crippen molar-refractivity contribution in [3.63, 3.8) is 0 Å². The smallest absolute Gasteiger partial charge is 0.127 e. The van der Waals surface area contributed by atoms with E-state index in [1.807, 2.05) is 0 Å². The van der Waals surface area contributed by atoms with Crippen molar-refractivity contribution >= 4 is 15.9 Å². The van der Waals surface area contributed by atoms with Crippen LogP contribution < -0.4 is 0 Å². The summed E-state index contributed by atoms with van der Waals surface area (Å²) in [4.78, 5) is 0. The van der Waals surface area contributed by atoms with Crippen molar-refractivity contribution in [3.05, 3.63) is 34.1 Å². The van der Waals surface area contributed by atoms with Crippen molar-refractivity contribution in [2.45, 2.75) is 25.4 Å². The number of aliphatic hydroxyl groups excluding tert-OH is 1. The van der Waals surface area contributed by atoms with E-state index in [0.717, 1.165) is 19.4 Å². The molecular weight excluding hydrogens is 287 g/mol. The lowest BCUT2D eigenvalue weighted by molar-refractivity contribution is -0.00873. The second kappa shape index (κ2) is 5.94. The third-order valence-electron chi connectivity index (χ3n) is 3.18. The molecule has 17 heavy (non-hydrogen) atoms. The highest BCUT2D eigenvalue weighted by Gasteiger charge is 2.23. The summed E-state index contributed by atoms with van der Waals surface area (Å²) in [6.07, 6.45) is 1.77. The van der Waals surface area contributed by atoms with Crippen molar-refractivity contribution < 1.29 is 14.2 Å². The standard InChI is InChI=1S/C13H16BrFO2/c14-11-4-3-9(12(15)7-11)6-13(16)10-2-1-5-17-8-10/h3-4,7,10,13,16H,1-2,5-6,8H2. The highest BCUT2D eigenvalue weighted by molar-refractivity contribution is 9.10. The molecule has 4 heteroatoms.